The number of rotatable bonds is 7. The van der Waals surface area contributed by atoms with Gasteiger partial charge in [-0.2, -0.15) is 0 Å². The third-order valence-electron chi connectivity index (χ3n) is 9.32. The number of hydrogen-bond donors (Lipinski definition) is 2. The highest BCUT2D eigenvalue weighted by atomic mass is 16.6. The van der Waals surface area contributed by atoms with Gasteiger partial charge in [-0.15, -0.1) is 0 Å². The number of methoxy groups -OCH3 is 2. The van der Waals surface area contributed by atoms with E-state index in [0.29, 0.717) is 42.0 Å². The van der Waals surface area contributed by atoms with Crippen LogP contribution in [0.1, 0.15) is 48.4 Å². The summed E-state index contributed by atoms with van der Waals surface area (Å²) in [4.78, 5) is 56.2. The lowest BCUT2D eigenvalue weighted by Gasteiger charge is -2.42. The second-order valence-corrected chi connectivity index (χ2v) is 11.6. The van der Waals surface area contributed by atoms with Crippen LogP contribution in [-0.4, -0.2) is 67.6 Å². The van der Waals surface area contributed by atoms with Gasteiger partial charge in [0.25, 0.3) is 5.91 Å². The average Bonchev–Trinajstić information content (AvgIpc) is 3.68. The third kappa shape index (κ3) is 4.83. The summed E-state index contributed by atoms with van der Waals surface area (Å²) < 4.78 is 16.6. The van der Waals surface area contributed by atoms with E-state index in [0.717, 1.165) is 21.6 Å². The number of fused-ring (bicyclic) bond motifs is 2. The number of carbonyl (C=O) groups is 4. The van der Waals surface area contributed by atoms with E-state index in [4.69, 9.17) is 14.2 Å². The van der Waals surface area contributed by atoms with E-state index in [9.17, 15) is 19.2 Å². The van der Waals surface area contributed by atoms with E-state index >= 15 is 0 Å². The topological polar surface area (TPSA) is 127 Å². The predicted molar refractivity (Wildman–Crippen MR) is 165 cm³/mol. The molecule has 234 valence electrons. The molecular formula is C34H36N4O7. The van der Waals surface area contributed by atoms with E-state index in [1.54, 1.807) is 32.4 Å². The Morgan fingerprint density at radius 3 is 2.13 bits per heavy atom. The van der Waals surface area contributed by atoms with Crippen molar-refractivity contribution in [1.29, 1.82) is 0 Å². The molecule has 11 nitrogen and oxygen atoms in total. The zero-order valence-corrected chi connectivity index (χ0v) is 25.7. The smallest absolute Gasteiger partial charge is 0.418 e. The van der Waals surface area contributed by atoms with Crippen molar-refractivity contribution in [2.45, 2.75) is 49.8 Å². The van der Waals surface area contributed by atoms with Crippen molar-refractivity contribution in [1.82, 2.24) is 15.1 Å². The van der Waals surface area contributed by atoms with Crippen LogP contribution in [0.3, 0.4) is 0 Å². The van der Waals surface area contributed by atoms with Crippen molar-refractivity contribution in [3.63, 3.8) is 0 Å². The molecule has 0 bridgehead atoms. The molecule has 3 aliphatic rings. The molecule has 2 atom stereocenters. The molecule has 45 heavy (non-hydrogen) atoms. The number of aryl methyl sites for hydroxylation is 1. The number of anilines is 1. The fourth-order valence-corrected chi connectivity index (χ4v) is 7.11. The van der Waals surface area contributed by atoms with Gasteiger partial charge in [-0.05, 0) is 79.3 Å². The second kappa shape index (κ2) is 11.5. The Hall–Kier alpha value is -5.06. The van der Waals surface area contributed by atoms with E-state index in [1.807, 2.05) is 60.4 Å². The molecule has 1 spiro atoms. The predicted octanol–water partition coefficient (Wildman–Crippen LogP) is 4.53. The molecule has 2 unspecified atom stereocenters. The van der Waals surface area contributed by atoms with Crippen LogP contribution in [0.4, 0.5) is 15.3 Å². The lowest BCUT2D eigenvalue weighted by Crippen LogP contribution is -2.53. The number of ether oxygens (including phenoxy) is 3. The van der Waals surface area contributed by atoms with Crippen molar-refractivity contribution < 1.29 is 33.4 Å². The molecule has 3 aromatic carbocycles. The van der Waals surface area contributed by atoms with Crippen LogP contribution in [-0.2, 0) is 31.9 Å². The van der Waals surface area contributed by atoms with Crippen LogP contribution in [0.2, 0.25) is 0 Å². The number of amides is 5. The van der Waals surface area contributed by atoms with Crippen LogP contribution < -0.4 is 20.1 Å². The Labute approximate surface area is 261 Å². The van der Waals surface area contributed by atoms with Crippen molar-refractivity contribution >= 4 is 29.6 Å². The molecule has 2 aliphatic heterocycles. The van der Waals surface area contributed by atoms with Gasteiger partial charge in [-0.3, -0.25) is 9.59 Å². The normalized spacial score (nSPS) is 21.5. The average molecular weight is 613 g/mol. The summed E-state index contributed by atoms with van der Waals surface area (Å²) in [6, 6.07) is 19.9. The first-order chi connectivity index (χ1) is 21.7. The third-order valence-corrected chi connectivity index (χ3v) is 9.32. The van der Waals surface area contributed by atoms with E-state index in [1.165, 1.54) is 7.05 Å². The molecule has 1 aliphatic carbocycles. The lowest BCUT2D eigenvalue weighted by molar-refractivity contribution is -0.144. The molecule has 2 N–H and O–H groups in total. The molecule has 5 amide bonds. The number of likely N-dealkylation sites (tertiary alicyclic amines) is 1. The molecule has 11 heteroatoms. The molecule has 0 saturated carbocycles. The van der Waals surface area contributed by atoms with E-state index in [-0.39, 0.29) is 24.4 Å². The van der Waals surface area contributed by atoms with Crippen LogP contribution >= 0.6 is 0 Å². The number of carbonyl (C=O) groups excluding carboxylic acids is 4. The lowest BCUT2D eigenvalue weighted by atomic mass is 9.80. The highest BCUT2D eigenvalue weighted by Crippen LogP contribution is 2.49. The summed E-state index contributed by atoms with van der Waals surface area (Å²) in [7, 11) is 4.72. The molecule has 2 saturated heterocycles. The zero-order valence-electron chi connectivity index (χ0n) is 25.7. The minimum atomic E-state index is -1.50. The van der Waals surface area contributed by atoms with Gasteiger partial charge in [-0.1, -0.05) is 30.3 Å². The van der Waals surface area contributed by atoms with Gasteiger partial charge in [0.15, 0.2) is 0 Å². The zero-order chi connectivity index (χ0) is 31.9. The van der Waals surface area contributed by atoms with Crippen LogP contribution in [0.15, 0.2) is 66.7 Å². The van der Waals surface area contributed by atoms with E-state index in [2.05, 4.69) is 10.6 Å². The van der Waals surface area contributed by atoms with Gasteiger partial charge < -0.3 is 29.7 Å². The number of imide groups is 1. The quantitative estimate of drug-likeness (QED) is 0.402. The summed E-state index contributed by atoms with van der Waals surface area (Å²) in [6.07, 6.45) is 1.23. The summed E-state index contributed by atoms with van der Waals surface area (Å²) in [5.41, 5.74) is 1.35. The molecule has 2 fully saturated rings. The van der Waals surface area contributed by atoms with Gasteiger partial charge in [0.1, 0.15) is 18.0 Å². The second-order valence-electron chi connectivity index (χ2n) is 11.6. The van der Waals surface area contributed by atoms with Crippen molar-refractivity contribution in [2.24, 2.45) is 0 Å². The summed E-state index contributed by atoms with van der Waals surface area (Å²) in [6.45, 7) is 1.53. The largest absolute Gasteiger partial charge is 0.497 e. The fourth-order valence-electron chi connectivity index (χ4n) is 7.11. The summed E-state index contributed by atoms with van der Waals surface area (Å²) >= 11 is 0. The molecule has 0 aromatic heterocycles. The molecule has 2 heterocycles. The van der Waals surface area contributed by atoms with Gasteiger partial charge in [-0.25, -0.2) is 14.5 Å². The SMILES string of the molecule is CNC(=O)Nc1ccc2c(c1)CCC21OC(=O)N(CC(=O)N2C(C)CCC2(c2ccc(OC)cc2)c2ccc(OC)cc2)C1=O. The number of hydrogen-bond acceptors (Lipinski definition) is 7. The molecular weight excluding hydrogens is 576 g/mol. The first-order valence-electron chi connectivity index (χ1n) is 14.9. The monoisotopic (exact) mass is 612 g/mol. The number of benzene rings is 3. The van der Waals surface area contributed by atoms with Crippen molar-refractivity contribution in [3.8, 4) is 11.5 Å². The minimum Gasteiger partial charge on any atom is -0.497 e. The van der Waals surface area contributed by atoms with Gasteiger partial charge in [0, 0.05) is 30.8 Å². The Morgan fingerprint density at radius 1 is 0.933 bits per heavy atom. The first-order valence-corrected chi connectivity index (χ1v) is 14.9. The summed E-state index contributed by atoms with van der Waals surface area (Å²) in [5, 5.41) is 5.22. The Morgan fingerprint density at radius 2 is 1.56 bits per heavy atom. The maximum atomic E-state index is 14.4. The Balaban J connectivity index is 1.32. The first kappa shape index (κ1) is 30.0. The minimum absolute atomic E-state index is 0.178. The molecule has 6 rings (SSSR count). The fraction of sp³-hybridized carbons (Fsp3) is 0.353. The maximum absolute atomic E-state index is 14.4. The Bertz CT molecular complexity index is 1610. The summed E-state index contributed by atoms with van der Waals surface area (Å²) in [5.74, 6) is 0.462. The van der Waals surface area contributed by atoms with Gasteiger partial charge in [0.2, 0.25) is 11.5 Å². The molecule has 3 aromatic rings. The standard InChI is InChI=1S/C34H36N4O7/c1-21-15-17-33(23-5-10-26(43-3)11-6-23,24-7-12-27(44-4)13-8-24)38(21)29(39)20-37-30(40)34(45-32(37)42)18-16-22-19-25(9-14-28(22)34)36-31(41)35-2/h5-14,19,21H,15-18,20H2,1-4H3,(H2,35,36,41). The highest BCUT2D eigenvalue weighted by molar-refractivity contribution is 6.06. The van der Waals surface area contributed by atoms with Crippen LogP contribution in [0.25, 0.3) is 0 Å². The Kier molecular flexibility index (Phi) is 7.64. The van der Waals surface area contributed by atoms with Crippen molar-refractivity contribution in [3.05, 3.63) is 89.0 Å². The number of urea groups is 1. The maximum Gasteiger partial charge on any atom is 0.418 e. The molecule has 0 radical (unpaired) electrons. The van der Waals surface area contributed by atoms with Crippen LogP contribution in [0, 0.1) is 0 Å². The number of nitrogens with one attached hydrogen (secondary N) is 2. The number of nitrogens with zero attached hydrogens (tertiary/aromatic N) is 2. The highest BCUT2D eigenvalue weighted by Gasteiger charge is 2.59. The van der Waals surface area contributed by atoms with E-state index < -0.39 is 29.7 Å². The van der Waals surface area contributed by atoms with Crippen molar-refractivity contribution in [2.75, 3.05) is 33.1 Å². The van der Waals surface area contributed by atoms with Gasteiger partial charge >= 0.3 is 12.1 Å². The van der Waals surface area contributed by atoms with Crippen LogP contribution in [0.5, 0.6) is 11.5 Å². The van der Waals surface area contributed by atoms with Gasteiger partial charge in [0.05, 0.1) is 19.8 Å².